The van der Waals surface area contributed by atoms with Gasteiger partial charge in [0.2, 0.25) is 0 Å². The Bertz CT molecular complexity index is 573. The normalized spacial score (nSPS) is 14.7. The molecule has 2 amide bonds. The molecular formula is C17H25N3O5. The largest absolute Gasteiger partial charge is 0.493 e. The lowest BCUT2D eigenvalue weighted by Crippen LogP contribution is -2.50. The van der Waals surface area contributed by atoms with Crippen LogP contribution in [0.3, 0.4) is 0 Å². The number of hydrogen-bond donors (Lipinski definition) is 1. The van der Waals surface area contributed by atoms with Gasteiger partial charge in [0.05, 0.1) is 14.2 Å². The Labute approximate surface area is 147 Å². The molecule has 1 aliphatic rings. The third-order valence-electron chi connectivity index (χ3n) is 3.98. The molecule has 25 heavy (non-hydrogen) atoms. The fourth-order valence-electron chi connectivity index (χ4n) is 2.57. The molecule has 1 N–H and O–H groups in total. The number of rotatable bonds is 7. The van der Waals surface area contributed by atoms with Crippen molar-refractivity contribution in [3.05, 3.63) is 24.3 Å². The van der Waals surface area contributed by atoms with Crippen molar-refractivity contribution in [1.82, 2.24) is 15.1 Å². The van der Waals surface area contributed by atoms with Crippen LogP contribution in [0.1, 0.15) is 0 Å². The van der Waals surface area contributed by atoms with E-state index in [1.54, 1.807) is 24.1 Å². The van der Waals surface area contributed by atoms with Crippen LogP contribution in [0.15, 0.2) is 24.3 Å². The number of nitrogens with zero attached hydrogens (tertiary/aromatic N) is 2. The van der Waals surface area contributed by atoms with Gasteiger partial charge in [-0.25, -0.2) is 4.79 Å². The first-order valence-corrected chi connectivity index (χ1v) is 8.21. The maximum atomic E-state index is 11.9. The molecule has 0 saturated carbocycles. The molecule has 138 valence electrons. The SMILES string of the molecule is COC(=O)N1CCN(CCNC(=O)COc2ccccc2OC)CC1. The highest BCUT2D eigenvalue weighted by molar-refractivity contribution is 5.77. The van der Waals surface area contributed by atoms with E-state index < -0.39 is 0 Å². The highest BCUT2D eigenvalue weighted by Gasteiger charge is 2.21. The lowest BCUT2D eigenvalue weighted by molar-refractivity contribution is -0.123. The van der Waals surface area contributed by atoms with E-state index in [9.17, 15) is 9.59 Å². The smallest absolute Gasteiger partial charge is 0.409 e. The van der Waals surface area contributed by atoms with E-state index in [2.05, 4.69) is 10.2 Å². The summed E-state index contributed by atoms with van der Waals surface area (Å²) in [6, 6.07) is 7.20. The van der Waals surface area contributed by atoms with Gasteiger partial charge in [-0.1, -0.05) is 12.1 Å². The Balaban J connectivity index is 1.62. The van der Waals surface area contributed by atoms with Crippen molar-refractivity contribution in [2.24, 2.45) is 0 Å². The van der Waals surface area contributed by atoms with Crippen molar-refractivity contribution in [3.63, 3.8) is 0 Å². The van der Waals surface area contributed by atoms with Crippen molar-refractivity contribution in [2.75, 3.05) is 60.1 Å². The zero-order chi connectivity index (χ0) is 18.1. The number of ether oxygens (including phenoxy) is 3. The standard InChI is InChI=1S/C17H25N3O5/c1-23-14-5-3-4-6-15(14)25-13-16(21)18-7-8-19-9-11-20(12-10-19)17(22)24-2/h3-6H,7-13H2,1-2H3,(H,18,21). The molecule has 0 spiro atoms. The summed E-state index contributed by atoms with van der Waals surface area (Å²) in [5.41, 5.74) is 0. The second-order valence-electron chi connectivity index (χ2n) is 5.59. The summed E-state index contributed by atoms with van der Waals surface area (Å²) in [6.45, 7) is 4.01. The summed E-state index contributed by atoms with van der Waals surface area (Å²) in [5.74, 6) is 0.956. The third kappa shape index (κ3) is 5.82. The van der Waals surface area contributed by atoms with E-state index in [4.69, 9.17) is 14.2 Å². The summed E-state index contributed by atoms with van der Waals surface area (Å²) in [5, 5.41) is 2.83. The van der Waals surface area contributed by atoms with Crippen LogP contribution < -0.4 is 14.8 Å². The van der Waals surface area contributed by atoms with Crippen LogP contribution in [0, 0.1) is 0 Å². The highest BCUT2D eigenvalue weighted by atomic mass is 16.5. The highest BCUT2D eigenvalue weighted by Crippen LogP contribution is 2.25. The Hall–Kier alpha value is -2.48. The maximum Gasteiger partial charge on any atom is 0.409 e. The molecule has 0 aromatic heterocycles. The first-order valence-electron chi connectivity index (χ1n) is 8.21. The van der Waals surface area contributed by atoms with Gasteiger partial charge in [-0.3, -0.25) is 9.69 Å². The number of carbonyl (C=O) groups excluding carboxylic acids is 2. The zero-order valence-corrected chi connectivity index (χ0v) is 14.7. The van der Waals surface area contributed by atoms with Crippen LogP contribution in [0.4, 0.5) is 4.79 Å². The predicted octanol–water partition coefficient (Wildman–Crippen LogP) is 0.574. The van der Waals surface area contributed by atoms with Gasteiger partial charge in [-0.2, -0.15) is 0 Å². The second kappa shape index (κ2) is 9.73. The van der Waals surface area contributed by atoms with E-state index in [1.165, 1.54) is 7.11 Å². The number of benzene rings is 1. The first-order chi connectivity index (χ1) is 12.1. The molecule has 1 saturated heterocycles. The van der Waals surface area contributed by atoms with Crippen molar-refractivity contribution in [2.45, 2.75) is 0 Å². The number of piperazine rings is 1. The minimum atomic E-state index is -0.290. The van der Waals surface area contributed by atoms with Crippen LogP contribution >= 0.6 is 0 Å². The predicted molar refractivity (Wildman–Crippen MR) is 91.9 cm³/mol. The van der Waals surface area contributed by atoms with Gasteiger partial charge in [0.15, 0.2) is 18.1 Å². The van der Waals surface area contributed by atoms with Gasteiger partial charge < -0.3 is 24.4 Å². The average Bonchev–Trinajstić information content (AvgIpc) is 2.66. The van der Waals surface area contributed by atoms with Crippen molar-refractivity contribution in [3.8, 4) is 11.5 Å². The van der Waals surface area contributed by atoms with Crippen LogP contribution in [-0.4, -0.2) is 81.9 Å². The maximum absolute atomic E-state index is 11.9. The van der Waals surface area contributed by atoms with E-state index >= 15 is 0 Å². The number of hydrogen-bond acceptors (Lipinski definition) is 6. The minimum absolute atomic E-state index is 0.0590. The summed E-state index contributed by atoms with van der Waals surface area (Å²) in [4.78, 5) is 27.2. The zero-order valence-electron chi connectivity index (χ0n) is 14.7. The van der Waals surface area contributed by atoms with E-state index in [1.807, 2.05) is 12.1 Å². The van der Waals surface area contributed by atoms with Gasteiger partial charge in [0.25, 0.3) is 5.91 Å². The van der Waals surface area contributed by atoms with Crippen LogP contribution in [0.2, 0.25) is 0 Å². The summed E-state index contributed by atoms with van der Waals surface area (Å²) < 4.78 is 15.4. The van der Waals surface area contributed by atoms with Crippen LogP contribution in [-0.2, 0) is 9.53 Å². The Kier molecular flexibility index (Phi) is 7.34. The molecule has 0 radical (unpaired) electrons. The third-order valence-corrected chi connectivity index (χ3v) is 3.98. The van der Waals surface area contributed by atoms with Crippen molar-refractivity contribution in [1.29, 1.82) is 0 Å². The number of amides is 2. The van der Waals surface area contributed by atoms with Crippen LogP contribution in [0.25, 0.3) is 0 Å². The summed E-state index contributed by atoms with van der Waals surface area (Å²) in [6.07, 6.45) is -0.290. The topological polar surface area (TPSA) is 80.3 Å². The van der Waals surface area contributed by atoms with Gasteiger partial charge in [0, 0.05) is 39.3 Å². The van der Waals surface area contributed by atoms with E-state index in [0.29, 0.717) is 31.1 Å². The number of nitrogens with one attached hydrogen (secondary N) is 1. The molecule has 8 nitrogen and oxygen atoms in total. The second-order valence-corrected chi connectivity index (χ2v) is 5.59. The molecule has 1 heterocycles. The molecule has 0 unspecified atom stereocenters. The first kappa shape index (κ1) is 18.9. The average molecular weight is 351 g/mol. The lowest BCUT2D eigenvalue weighted by Gasteiger charge is -2.33. The molecule has 1 aromatic carbocycles. The van der Waals surface area contributed by atoms with E-state index in [-0.39, 0.29) is 18.6 Å². The van der Waals surface area contributed by atoms with Gasteiger partial charge in [-0.05, 0) is 12.1 Å². The fraction of sp³-hybridized carbons (Fsp3) is 0.529. The summed E-state index contributed by atoms with van der Waals surface area (Å²) in [7, 11) is 2.94. The Morgan fingerprint density at radius 1 is 1.08 bits per heavy atom. The van der Waals surface area contributed by atoms with Crippen molar-refractivity contribution >= 4 is 12.0 Å². The molecule has 1 fully saturated rings. The number of methoxy groups -OCH3 is 2. The molecule has 8 heteroatoms. The molecule has 1 aliphatic heterocycles. The fourth-order valence-corrected chi connectivity index (χ4v) is 2.57. The van der Waals surface area contributed by atoms with E-state index in [0.717, 1.165) is 19.6 Å². The molecule has 0 bridgehead atoms. The Morgan fingerprint density at radius 3 is 2.40 bits per heavy atom. The Morgan fingerprint density at radius 2 is 1.76 bits per heavy atom. The molecule has 2 rings (SSSR count). The van der Waals surface area contributed by atoms with Crippen LogP contribution in [0.5, 0.6) is 11.5 Å². The van der Waals surface area contributed by atoms with Gasteiger partial charge in [-0.15, -0.1) is 0 Å². The monoisotopic (exact) mass is 351 g/mol. The number of carbonyl (C=O) groups is 2. The van der Waals surface area contributed by atoms with Gasteiger partial charge in [0.1, 0.15) is 0 Å². The summed E-state index contributed by atoms with van der Waals surface area (Å²) >= 11 is 0. The molecule has 0 atom stereocenters. The molecule has 0 aliphatic carbocycles. The molecular weight excluding hydrogens is 326 g/mol. The number of para-hydroxylation sites is 2. The molecule has 1 aromatic rings. The lowest BCUT2D eigenvalue weighted by atomic mass is 10.3. The van der Waals surface area contributed by atoms with Gasteiger partial charge >= 0.3 is 6.09 Å². The van der Waals surface area contributed by atoms with Crippen molar-refractivity contribution < 1.29 is 23.8 Å². The minimum Gasteiger partial charge on any atom is -0.493 e. The quantitative estimate of drug-likeness (QED) is 0.774.